The second-order valence-corrected chi connectivity index (χ2v) is 6.14. The van der Waals surface area contributed by atoms with Crippen LogP contribution >= 0.6 is 22.6 Å². The van der Waals surface area contributed by atoms with Gasteiger partial charge in [-0.15, -0.1) is 0 Å². The van der Waals surface area contributed by atoms with Crippen molar-refractivity contribution in [2.24, 2.45) is 0 Å². The Kier molecular flexibility index (Phi) is 3.43. The van der Waals surface area contributed by atoms with E-state index in [1.807, 2.05) is 4.90 Å². The molecule has 0 bridgehead atoms. The van der Waals surface area contributed by atoms with Gasteiger partial charge >= 0.3 is 6.03 Å². The van der Waals surface area contributed by atoms with E-state index in [0.717, 1.165) is 32.7 Å². The Morgan fingerprint density at radius 3 is 2.83 bits per heavy atom. The molecule has 2 amide bonds. The van der Waals surface area contributed by atoms with Crippen LogP contribution in [0.2, 0.25) is 0 Å². The number of rotatable bonds is 2. The molecule has 0 aliphatic carbocycles. The normalized spacial score (nSPS) is 23.9. The summed E-state index contributed by atoms with van der Waals surface area (Å²) >= 11 is 2.32. The fourth-order valence-electron chi connectivity index (χ4n) is 2.66. The predicted octanol–water partition coefficient (Wildman–Crippen LogP) is 1.50. The van der Waals surface area contributed by atoms with Gasteiger partial charge in [-0.2, -0.15) is 0 Å². The smallest absolute Gasteiger partial charge is 0.317 e. The number of hydrogen-bond donors (Lipinski definition) is 1. The maximum Gasteiger partial charge on any atom is 0.317 e. The number of benzene rings is 1. The van der Waals surface area contributed by atoms with Gasteiger partial charge < -0.3 is 10.2 Å². The zero-order valence-corrected chi connectivity index (χ0v) is 12.3. The van der Waals surface area contributed by atoms with Crippen LogP contribution in [0.25, 0.3) is 0 Å². The van der Waals surface area contributed by atoms with Crippen molar-refractivity contribution in [1.29, 1.82) is 0 Å². The van der Waals surface area contributed by atoms with Crippen molar-refractivity contribution in [2.75, 3.05) is 26.2 Å². The molecule has 3 rings (SSSR count). The van der Waals surface area contributed by atoms with Crippen LogP contribution < -0.4 is 5.32 Å². The summed E-state index contributed by atoms with van der Waals surface area (Å²) in [6.45, 7) is 4.57. The van der Waals surface area contributed by atoms with E-state index < -0.39 is 0 Å². The lowest BCUT2D eigenvalue weighted by molar-refractivity contribution is 0.116. The maximum atomic E-state index is 11.5. The average molecular weight is 357 g/mol. The summed E-state index contributed by atoms with van der Waals surface area (Å²) < 4.78 is 1.27. The predicted molar refractivity (Wildman–Crippen MR) is 78.3 cm³/mol. The lowest BCUT2D eigenvalue weighted by atomic mass is 10.1. The van der Waals surface area contributed by atoms with Gasteiger partial charge in [-0.05, 0) is 40.3 Å². The Labute approximate surface area is 120 Å². The second-order valence-electron chi connectivity index (χ2n) is 4.89. The van der Waals surface area contributed by atoms with Gasteiger partial charge in [-0.3, -0.25) is 4.90 Å². The molecule has 0 spiro atoms. The largest absolute Gasteiger partial charge is 0.336 e. The number of halogens is 1. The third kappa shape index (κ3) is 2.47. The minimum absolute atomic E-state index is 0.105. The molecule has 0 saturated carbocycles. The topological polar surface area (TPSA) is 35.6 Å². The Bertz CT molecular complexity index is 448. The van der Waals surface area contributed by atoms with E-state index in [9.17, 15) is 4.79 Å². The molecule has 1 aromatic carbocycles. The van der Waals surface area contributed by atoms with E-state index in [-0.39, 0.29) is 6.03 Å². The lowest BCUT2D eigenvalue weighted by Crippen LogP contribution is -2.51. The van der Waals surface area contributed by atoms with E-state index in [1.54, 1.807) is 0 Å². The Hall–Kier alpha value is -0.820. The van der Waals surface area contributed by atoms with Gasteiger partial charge in [0, 0.05) is 36.3 Å². The molecule has 18 heavy (non-hydrogen) atoms. The van der Waals surface area contributed by atoms with Crippen molar-refractivity contribution in [1.82, 2.24) is 15.1 Å². The van der Waals surface area contributed by atoms with Crippen LogP contribution in [0.5, 0.6) is 0 Å². The molecule has 5 heteroatoms. The van der Waals surface area contributed by atoms with E-state index in [4.69, 9.17) is 0 Å². The van der Waals surface area contributed by atoms with Gasteiger partial charge in [0.15, 0.2) is 0 Å². The molecule has 0 radical (unpaired) electrons. The molecule has 1 atom stereocenters. The molecule has 4 nitrogen and oxygen atoms in total. The molecule has 0 aromatic heterocycles. The van der Waals surface area contributed by atoms with Gasteiger partial charge in [0.05, 0.1) is 6.04 Å². The van der Waals surface area contributed by atoms with Crippen LogP contribution in [0.1, 0.15) is 5.56 Å². The summed E-state index contributed by atoms with van der Waals surface area (Å²) in [4.78, 5) is 15.9. The van der Waals surface area contributed by atoms with E-state index in [2.05, 4.69) is 57.1 Å². The summed E-state index contributed by atoms with van der Waals surface area (Å²) in [5.74, 6) is 0. The number of nitrogens with zero attached hydrogens (tertiary/aromatic N) is 2. The van der Waals surface area contributed by atoms with Crippen molar-refractivity contribution in [3.8, 4) is 0 Å². The third-order valence-corrected chi connectivity index (χ3v) is 4.36. The number of carbonyl (C=O) groups is 1. The molecule has 2 aliphatic heterocycles. The first-order valence-electron chi connectivity index (χ1n) is 6.23. The van der Waals surface area contributed by atoms with Gasteiger partial charge in [0.25, 0.3) is 0 Å². The molecule has 1 aromatic rings. The minimum Gasteiger partial charge on any atom is -0.336 e. The zero-order valence-electron chi connectivity index (χ0n) is 10.1. The summed E-state index contributed by atoms with van der Waals surface area (Å²) in [6, 6.07) is 9.13. The number of nitrogens with one attached hydrogen (secondary N) is 1. The molecular formula is C13H16IN3O. The van der Waals surface area contributed by atoms with Crippen LogP contribution in [-0.4, -0.2) is 48.1 Å². The lowest BCUT2D eigenvalue weighted by Gasteiger charge is -2.36. The SMILES string of the molecule is O=C1NCC2CN(Cc3ccc(I)cc3)CCN12. The molecule has 2 fully saturated rings. The molecule has 1 unspecified atom stereocenters. The highest BCUT2D eigenvalue weighted by Crippen LogP contribution is 2.17. The summed E-state index contributed by atoms with van der Waals surface area (Å²) in [6.07, 6.45) is 0. The van der Waals surface area contributed by atoms with Crippen molar-refractivity contribution >= 4 is 28.6 Å². The van der Waals surface area contributed by atoms with E-state index in [0.29, 0.717) is 6.04 Å². The Balaban J connectivity index is 1.62. The first-order chi connectivity index (χ1) is 8.72. The van der Waals surface area contributed by atoms with E-state index in [1.165, 1.54) is 9.13 Å². The highest BCUT2D eigenvalue weighted by molar-refractivity contribution is 14.1. The van der Waals surface area contributed by atoms with Crippen molar-refractivity contribution in [3.05, 3.63) is 33.4 Å². The average Bonchev–Trinajstić information content (AvgIpc) is 2.74. The van der Waals surface area contributed by atoms with Crippen LogP contribution in [0.4, 0.5) is 4.79 Å². The Morgan fingerprint density at radius 1 is 1.28 bits per heavy atom. The number of carbonyl (C=O) groups excluding carboxylic acids is 1. The standard InChI is InChI=1S/C13H16IN3O/c14-11-3-1-10(2-4-11)8-16-5-6-17-12(9-16)7-15-13(17)18/h1-4,12H,5-9H2,(H,15,18). The molecular weight excluding hydrogens is 341 g/mol. The van der Waals surface area contributed by atoms with Crippen molar-refractivity contribution in [3.63, 3.8) is 0 Å². The minimum atomic E-state index is 0.105. The van der Waals surface area contributed by atoms with Crippen molar-refractivity contribution in [2.45, 2.75) is 12.6 Å². The quantitative estimate of drug-likeness (QED) is 0.815. The summed E-state index contributed by atoms with van der Waals surface area (Å²) in [7, 11) is 0. The Morgan fingerprint density at radius 2 is 2.06 bits per heavy atom. The monoisotopic (exact) mass is 357 g/mol. The van der Waals surface area contributed by atoms with Crippen LogP contribution in [0.3, 0.4) is 0 Å². The van der Waals surface area contributed by atoms with Gasteiger partial charge in [-0.1, -0.05) is 12.1 Å². The van der Waals surface area contributed by atoms with Gasteiger partial charge in [0.2, 0.25) is 0 Å². The number of urea groups is 1. The highest BCUT2D eigenvalue weighted by Gasteiger charge is 2.35. The summed E-state index contributed by atoms with van der Waals surface area (Å²) in [5, 5.41) is 2.91. The second kappa shape index (κ2) is 5.05. The number of fused-ring (bicyclic) bond motifs is 1. The van der Waals surface area contributed by atoms with Crippen LogP contribution in [-0.2, 0) is 6.54 Å². The molecule has 2 heterocycles. The van der Waals surface area contributed by atoms with E-state index >= 15 is 0 Å². The molecule has 2 saturated heterocycles. The van der Waals surface area contributed by atoms with Crippen LogP contribution in [0.15, 0.2) is 24.3 Å². The molecule has 2 aliphatic rings. The summed E-state index contributed by atoms with van der Waals surface area (Å²) in [5.41, 5.74) is 1.35. The first-order valence-corrected chi connectivity index (χ1v) is 7.31. The highest BCUT2D eigenvalue weighted by atomic mass is 127. The van der Waals surface area contributed by atoms with Gasteiger partial charge in [0.1, 0.15) is 0 Å². The molecule has 1 N–H and O–H groups in total. The molecule has 96 valence electrons. The van der Waals surface area contributed by atoms with Gasteiger partial charge in [-0.25, -0.2) is 4.79 Å². The fraction of sp³-hybridized carbons (Fsp3) is 0.462. The number of piperazine rings is 1. The number of hydrogen-bond acceptors (Lipinski definition) is 2. The van der Waals surface area contributed by atoms with Crippen LogP contribution in [0, 0.1) is 3.57 Å². The zero-order chi connectivity index (χ0) is 12.5. The first kappa shape index (κ1) is 12.2. The number of amides is 2. The fourth-order valence-corrected chi connectivity index (χ4v) is 3.02. The third-order valence-electron chi connectivity index (χ3n) is 3.64. The maximum absolute atomic E-state index is 11.5. The van der Waals surface area contributed by atoms with Crippen molar-refractivity contribution < 1.29 is 4.79 Å².